The van der Waals surface area contributed by atoms with E-state index >= 15 is 0 Å². The van der Waals surface area contributed by atoms with Crippen LogP contribution in [0.15, 0.2) is 0 Å². The van der Waals surface area contributed by atoms with Crippen molar-refractivity contribution in [2.45, 2.75) is 20.3 Å². The van der Waals surface area contributed by atoms with Gasteiger partial charge in [0, 0.05) is 0 Å². The first kappa shape index (κ1) is 4.80. The molecule has 0 aliphatic carbocycles. The lowest BCUT2D eigenvalue weighted by Gasteiger charge is -1.68. The number of halogens is 1. The monoisotopic (exact) mass is 75.1 g/mol. The highest BCUT2D eigenvalue weighted by Gasteiger charge is 2.02. The van der Waals surface area contributed by atoms with Crippen LogP contribution in [-0.4, -0.2) is 0 Å². The normalized spacial score (nSPS) is 7.80. The Balaban J connectivity index is 2.54. The smallest absolute Gasteiger partial charge is 0.0206 e. The molecule has 0 fully saturated rings. The molecule has 0 unspecified atom stereocenters. The molecule has 0 aliphatic heterocycles. The molecule has 0 atom stereocenters. The van der Waals surface area contributed by atoms with Crippen LogP contribution in [0.5, 0.6) is 0 Å². The first-order valence-electron chi connectivity index (χ1n) is 1.75. The quantitative estimate of drug-likeness (QED) is 0.418. The minimum absolute atomic E-state index is 0.00463. The van der Waals surface area contributed by atoms with Crippen molar-refractivity contribution in [2.24, 2.45) is 0 Å². The fraction of sp³-hybridized carbons (Fsp3) is 0.750. The topological polar surface area (TPSA) is 0 Å². The zero-order valence-electron chi connectivity index (χ0n) is 3.59. The van der Waals surface area contributed by atoms with Crippen LogP contribution in [0, 0.1) is 6.17 Å². The van der Waals surface area contributed by atoms with E-state index in [0.29, 0.717) is 6.42 Å². The zero-order valence-corrected chi connectivity index (χ0v) is 3.59. The summed E-state index contributed by atoms with van der Waals surface area (Å²) in [4.78, 5) is 0. The molecule has 0 saturated heterocycles. The van der Waals surface area contributed by atoms with Crippen LogP contribution in [0.3, 0.4) is 0 Å². The fourth-order valence-corrected chi connectivity index (χ4v) is 0. The van der Waals surface area contributed by atoms with Gasteiger partial charge in [0.2, 0.25) is 0 Å². The maximum absolute atomic E-state index is 11.3. The molecular weight excluding hydrogens is 67.0 g/mol. The van der Waals surface area contributed by atoms with E-state index in [1.54, 1.807) is 6.92 Å². The van der Waals surface area contributed by atoms with Gasteiger partial charge in [-0.2, -0.15) is 0 Å². The van der Waals surface area contributed by atoms with Crippen molar-refractivity contribution < 1.29 is 4.39 Å². The van der Waals surface area contributed by atoms with Crippen LogP contribution in [0.4, 0.5) is 4.39 Å². The van der Waals surface area contributed by atoms with E-state index in [9.17, 15) is 4.39 Å². The zero-order chi connectivity index (χ0) is 4.28. The highest BCUT2D eigenvalue weighted by Crippen LogP contribution is 2.01. The molecule has 0 aromatic heterocycles. The van der Waals surface area contributed by atoms with E-state index in [1.165, 1.54) is 6.92 Å². The first-order chi connectivity index (χ1) is 2.27. The predicted molar refractivity (Wildman–Crippen MR) is 20.3 cm³/mol. The molecule has 1 heteroatoms. The molecule has 30 valence electrons. The Hall–Kier alpha value is -0.200. The van der Waals surface area contributed by atoms with Crippen molar-refractivity contribution >= 4 is 0 Å². The second kappa shape index (κ2) is 2.06. The van der Waals surface area contributed by atoms with Gasteiger partial charge in [-0.1, -0.05) is 0 Å². The molecule has 0 rings (SSSR count). The van der Waals surface area contributed by atoms with E-state index in [-0.39, 0.29) is 6.17 Å². The van der Waals surface area contributed by atoms with Gasteiger partial charge in [0.05, 0.1) is 0 Å². The average Bonchev–Trinajstić information content (AvgIpc) is 1.38. The van der Waals surface area contributed by atoms with Gasteiger partial charge in [0.1, 0.15) is 13.3 Å². The molecule has 0 spiro atoms. The standard InChI is InChI=1S/C4H8F/c1-3-4(2)5/h3H2,1-2H3/q+1. The second-order valence-electron chi connectivity index (χ2n) is 1.03. The third kappa shape index (κ3) is 3.80. The van der Waals surface area contributed by atoms with Crippen molar-refractivity contribution in [2.75, 3.05) is 0 Å². The maximum atomic E-state index is 11.3. The lowest BCUT2D eigenvalue weighted by molar-refractivity contribution is 0.486. The van der Waals surface area contributed by atoms with Crippen molar-refractivity contribution in [1.82, 2.24) is 0 Å². The minimum atomic E-state index is 0.00463. The molecular formula is C4H8F+. The molecule has 0 aromatic carbocycles. The van der Waals surface area contributed by atoms with Gasteiger partial charge in [-0.25, -0.2) is 0 Å². The fourth-order valence-electron chi connectivity index (χ4n) is 0. The Labute approximate surface area is 32.0 Å². The lowest BCUT2D eigenvalue weighted by atomic mass is 10.4. The number of hydrogen-bond acceptors (Lipinski definition) is 0. The Morgan fingerprint density at radius 2 is 2.00 bits per heavy atom. The van der Waals surface area contributed by atoms with Crippen LogP contribution < -0.4 is 0 Å². The third-order valence-corrected chi connectivity index (χ3v) is 0.487. The minimum Gasteiger partial charge on any atom is -0.0206 e. The first-order valence-corrected chi connectivity index (χ1v) is 1.75. The van der Waals surface area contributed by atoms with E-state index < -0.39 is 0 Å². The molecule has 0 aliphatic rings. The van der Waals surface area contributed by atoms with Gasteiger partial charge < -0.3 is 0 Å². The number of rotatable bonds is 1. The summed E-state index contributed by atoms with van der Waals surface area (Å²) in [5, 5.41) is 0. The molecule has 0 amide bonds. The lowest BCUT2D eigenvalue weighted by Crippen LogP contribution is -1.70. The van der Waals surface area contributed by atoms with Crippen LogP contribution >= 0.6 is 0 Å². The van der Waals surface area contributed by atoms with Gasteiger partial charge in [-0.3, -0.25) is 0 Å². The summed E-state index contributed by atoms with van der Waals surface area (Å²) in [7, 11) is 0. The molecule has 0 saturated carbocycles. The van der Waals surface area contributed by atoms with Crippen molar-refractivity contribution in [3.05, 3.63) is 6.17 Å². The summed E-state index contributed by atoms with van der Waals surface area (Å²) in [6.07, 6.45) is 0.560. The average molecular weight is 75.1 g/mol. The molecule has 0 radical (unpaired) electrons. The summed E-state index contributed by atoms with van der Waals surface area (Å²) in [6, 6.07) is 0. The van der Waals surface area contributed by atoms with Crippen molar-refractivity contribution in [3.8, 4) is 0 Å². The third-order valence-electron chi connectivity index (χ3n) is 0.487. The van der Waals surface area contributed by atoms with Gasteiger partial charge in [-0.15, -0.1) is 0 Å². The van der Waals surface area contributed by atoms with E-state index in [2.05, 4.69) is 0 Å². The SMILES string of the molecule is CC[C+](C)F. The van der Waals surface area contributed by atoms with Crippen molar-refractivity contribution in [1.29, 1.82) is 0 Å². The van der Waals surface area contributed by atoms with Crippen molar-refractivity contribution in [3.63, 3.8) is 0 Å². The van der Waals surface area contributed by atoms with Gasteiger partial charge >= 0.3 is 0 Å². The Kier molecular flexibility index (Phi) is 1.98. The Bertz CT molecular complexity index is 17.6. The highest BCUT2D eigenvalue weighted by molar-refractivity contribution is 4.61. The molecule has 0 nitrogen and oxygen atoms in total. The summed E-state index contributed by atoms with van der Waals surface area (Å²) in [5.74, 6) is 0. The maximum Gasteiger partial charge on any atom is 0.295 e. The summed E-state index contributed by atoms with van der Waals surface area (Å²) < 4.78 is 11.3. The van der Waals surface area contributed by atoms with E-state index in [0.717, 1.165) is 0 Å². The molecule has 5 heavy (non-hydrogen) atoms. The van der Waals surface area contributed by atoms with Crippen LogP contribution in [0.25, 0.3) is 0 Å². The summed E-state index contributed by atoms with van der Waals surface area (Å²) in [5.41, 5.74) is 0. The second-order valence-corrected chi connectivity index (χ2v) is 1.03. The molecule has 0 heterocycles. The van der Waals surface area contributed by atoms with Crippen LogP contribution in [0.2, 0.25) is 0 Å². The number of hydrogen-bond donors (Lipinski definition) is 0. The Morgan fingerprint density at radius 1 is 1.80 bits per heavy atom. The summed E-state index contributed by atoms with van der Waals surface area (Å²) in [6.45, 7) is 3.26. The van der Waals surface area contributed by atoms with Gasteiger partial charge in [0.15, 0.2) is 0 Å². The van der Waals surface area contributed by atoms with Crippen LogP contribution in [0.1, 0.15) is 20.3 Å². The van der Waals surface area contributed by atoms with E-state index in [4.69, 9.17) is 0 Å². The Morgan fingerprint density at radius 3 is 2.00 bits per heavy atom. The predicted octanol–water partition coefficient (Wildman–Crippen LogP) is 1.92. The van der Waals surface area contributed by atoms with Crippen LogP contribution in [-0.2, 0) is 0 Å². The summed E-state index contributed by atoms with van der Waals surface area (Å²) >= 11 is 0. The molecule has 0 bridgehead atoms. The van der Waals surface area contributed by atoms with Gasteiger partial charge in [-0.05, 0) is 11.3 Å². The van der Waals surface area contributed by atoms with E-state index in [1.807, 2.05) is 0 Å². The largest absolute Gasteiger partial charge is 0.295 e. The molecule has 0 aromatic rings. The van der Waals surface area contributed by atoms with Gasteiger partial charge in [0.25, 0.3) is 6.17 Å². The molecule has 0 N–H and O–H groups in total. The highest BCUT2D eigenvalue weighted by atomic mass is 19.1.